The molecule has 2 aliphatic heterocycles. The van der Waals surface area contributed by atoms with Crippen molar-refractivity contribution in [3.05, 3.63) is 155 Å². The first-order chi connectivity index (χ1) is 25.9. The summed E-state index contributed by atoms with van der Waals surface area (Å²) in [5, 5.41) is 13.0. The van der Waals surface area contributed by atoms with E-state index in [0.29, 0.717) is 12.2 Å². The Morgan fingerprint density at radius 2 is 1.58 bits per heavy atom. The van der Waals surface area contributed by atoms with Gasteiger partial charge in [0.1, 0.15) is 12.6 Å². The molecule has 10 nitrogen and oxygen atoms in total. The molecule has 0 aliphatic carbocycles. The molecule has 2 N–H and O–H groups in total. The number of hydrogen-bond acceptors (Lipinski definition) is 9. The van der Waals surface area contributed by atoms with Crippen molar-refractivity contribution in [1.29, 1.82) is 0 Å². The number of rotatable bonds is 12. The van der Waals surface area contributed by atoms with E-state index in [0.717, 1.165) is 44.0 Å². The van der Waals surface area contributed by atoms with Gasteiger partial charge in [-0.25, -0.2) is 9.78 Å². The molecule has 3 amide bonds. The summed E-state index contributed by atoms with van der Waals surface area (Å²) in [6.07, 6.45) is 0.623. The van der Waals surface area contributed by atoms with E-state index in [1.165, 1.54) is 4.90 Å². The Morgan fingerprint density at radius 3 is 2.34 bits per heavy atom. The van der Waals surface area contributed by atoms with Gasteiger partial charge < -0.3 is 24.6 Å². The van der Waals surface area contributed by atoms with Gasteiger partial charge in [0.15, 0.2) is 6.29 Å². The van der Waals surface area contributed by atoms with E-state index in [-0.39, 0.29) is 44.3 Å². The van der Waals surface area contributed by atoms with Gasteiger partial charge in [-0.2, -0.15) is 0 Å². The van der Waals surface area contributed by atoms with E-state index >= 15 is 0 Å². The predicted molar refractivity (Wildman–Crippen MR) is 199 cm³/mol. The Labute approximate surface area is 312 Å². The minimum Gasteiger partial charge on any atom is -0.445 e. The van der Waals surface area contributed by atoms with E-state index < -0.39 is 24.3 Å². The molecule has 3 heterocycles. The SMILES string of the molecule is O=C(NC1CC(=O)N(Cc2ccccc2-c2ccc([C@@H]3O[C@H](CSc4ccccn4)C[C@H](c4ccc(CO)cc4)O3)cc2)C1=O)OCc1ccccc1. The third-order valence-electron chi connectivity index (χ3n) is 9.26. The number of ether oxygens (including phenoxy) is 3. The van der Waals surface area contributed by atoms with Crippen LogP contribution in [0.15, 0.2) is 133 Å². The van der Waals surface area contributed by atoms with Crippen molar-refractivity contribution in [3.8, 4) is 11.1 Å². The summed E-state index contributed by atoms with van der Waals surface area (Å²) < 4.78 is 18.3. The van der Waals surface area contributed by atoms with Gasteiger partial charge >= 0.3 is 6.09 Å². The zero-order chi connectivity index (χ0) is 36.6. The largest absolute Gasteiger partial charge is 0.445 e. The minimum absolute atomic E-state index is 0.0231. The Hall–Kier alpha value is -5.33. The van der Waals surface area contributed by atoms with Gasteiger partial charge in [0, 0.05) is 23.9 Å². The molecule has 0 saturated carbocycles. The number of likely N-dealkylation sites (tertiary alicyclic amines) is 1. The highest BCUT2D eigenvalue weighted by Crippen LogP contribution is 2.40. The van der Waals surface area contributed by atoms with Gasteiger partial charge in [0.2, 0.25) is 5.91 Å². The monoisotopic (exact) mass is 729 g/mol. The normalized spacial score (nSPS) is 20.0. The van der Waals surface area contributed by atoms with Crippen LogP contribution in [0.5, 0.6) is 0 Å². The molecule has 2 saturated heterocycles. The van der Waals surface area contributed by atoms with Gasteiger partial charge in [0.05, 0.1) is 36.8 Å². The number of imide groups is 1. The van der Waals surface area contributed by atoms with Crippen LogP contribution in [-0.4, -0.2) is 50.8 Å². The number of thioether (sulfide) groups is 1. The second-order valence-corrected chi connectivity index (χ2v) is 13.9. The van der Waals surface area contributed by atoms with E-state index in [4.69, 9.17) is 14.2 Å². The number of amides is 3. The lowest BCUT2D eigenvalue weighted by atomic mass is 9.97. The fourth-order valence-electron chi connectivity index (χ4n) is 6.43. The minimum atomic E-state index is -0.990. The van der Waals surface area contributed by atoms with Crippen molar-refractivity contribution >= 4 is 29.7 Å². The molecule has 5 aromatic rings. The Kier molecular flexibility index (Phi) is 11.6. The average molecular weight is 730 g/mol. The number of benzene rings is 4. The lowest BCUT2D eigenvalue weighted by Crippen LogP contribution is -2.41. The Morgan fingerprint density at radius 1 is 0.849 bits per heavy atom. The van der Waals surface area contributed by atoms with E-state index in [2.05, 4.69) is 10.3 Å². The number of aliphatic hydroxyl groups is 1. The fourth-order valence-corrected chi connectivity index (χ4v) is 7.31. The Bertz CT molecular complexity index is 2010. The standard InChI is InChI=1S/C42H39N3O7S/c46-25-28-13-15-31(16-14-28)37-22-34(27-53-38-12-6-7-21-43-38)51-41(52-37)32-19-17-30(18-20-32)35-11-5-4-10-33(35)24-45-39(47)23-36(40(45)48)44-42(49)50-26-29-8-2-1-3-9-29/h1-21,34,36-37,41,46H,22-27H2,(H,44,49)/t34-,36?,37+,41+/m0/s1. The molecular weight excluding hydrogens is 691 g/mol. The summed E-state index contributed by atoms with van der Waals surface area (Å²) in [6.45, 7) is 0.0978. The number of aromatic nitrogens is 1. The predicted octanol–water partition coefficient (Wildman–Crippen LogP) is 7.13. The summed E-state index contributed by atoms with van der Waals surface area (Å²) in [5.41, 5.74) is 6.08. The number of carbonyl (C=O) groups is 3. The van der Waals surface area contributed by atoms with Crippen molar-refractivity contribution in [1.82, 2.24) is 15.2 Å². The van der Waals surface area contributed by atoms with Crippen LogP contribution in [0.1, 0.15) is 53.1 Å². The first kappa shape index (κ1) is 36.0. The molecule has 53 heavy (non-hydrogen) atoms. The van der Waals surface area contributed by atoms with Crippen LogP contribution in [0.25, 0.3) is 11.1 Å². The smallest absolute Gasteiger partial charge is 0.408 e. The van der Waals surface area contributed by atoms with Crippen LogP contribution in [0, 0.1) is 0 Å². The summed E-state index contributed by atoms with van der Waals surface area (Å²) >= 11 is 1.64. The zero-order valence-corrected chi connectivity index (χ0v) is 29.7. The highest BCUT2D eigenvalue weighted by atomic mass is 32.2. The summed E-state index contributed by atoms with van der Waals surface area (Å²) in [7, 11) is 0. The zero-order valence-electron chi connectivity index (χ0n) is 28.9. The number of carbonyl (C=O) groups excluding carboxylic acids is 3. The molecule has 270 valence electrons. The second-order valence-electron chi connectivity index (χ2n) is 12.9. The molecule has 4 atom stereocenters. The second kappa shape index (κ2) is 17.0. The van der Waals surface area contributed by atoms with Crippen molar-refractivity contribution in [2.45, 2.75) is 62.2 Å². The fraction of sp³-hybridized carbons (Fsp3) is 0.238. The third-order valence-corrected chi connectivity index (χ3v) is 10.3. The maximum Gasteiger partial charge on any atom is 0.408 e. The van der Waals surface area contributed by atoms with Crippen molar-refractivity contribution in [3.63, 3.8) is 0 Å². The van der Waals surface area contributed by atoms with Gasteiger partial charge in [-0.1, -0.05) is 109 Å². The van der Waals surface area contributed by atoms with Crippen molar-refractivity contribution in [2.24, 2.45) is 0 Å². The highest BCUT2D eigenvalue weighted by molar-refractivity contribution is 7.99. The first-order valence-electron chi connectivity index (χ1n) is 17.5. The van der Waals surface area contributed by atoms with E-state index in [1.807, 2.05) is 121 Å². The lowest BCUT2D eigenvalue weighted by Gasteiger charge is -2.36. The number of aliphatic hydroxyl groups excluding tert-OH is 1. The first-order valence-corrected chi connectivity index (χ1v) is 18.5. The molecule has 0 radical (unpaired) electrons. The average Bonchev–Trinajstić information content (AvgIpc) is 3.47. The van der Waals surface area contributed by atoms with Crippen LogP contribution in [0.3, 0.4) is 0 Å². The summed E-state index contributed by atoms with van der Waals surface area (Å²) in [5.74, 6) is -0.136. The molecule has 2 fully saturated rings. The van der Waals surface area contributed by atoms with E-state index in [9.17, 15) is 19.5 Å². The van der Waals surface area contributed by atoms with Gasteiger partial charge in [0.25, 0.3) is 5.91 Å². The number of nitrogens with zero attached hydrogens (tertiary/aromatic N) is 2. The van der Waals surface area contributed by atoms with E-state index in [1.54, 1.807) is 18.0 Å². The van der Waals surface area contributed by atoms with Gasteiger partial charge in [-0.05, 0) is 45.5 Å². The Balaban J connectivity index is 1.03. The topological polar surface area (TPSA) is 127 Å². The maximum atomic E-state index is 13.3. The van der Waals surface area contributed by atoms with Gasteiger partial charge in [-0.3, -0.25) is 14.5 Å². The number of nitrogens with one attached hydrogen (secondary N) is 1. The molecular formula is C42H39N3O7S. The van der Waals surface area contributed by atoms with Crippen LogP contribution in [0.2, 0.25) is 0 Å². The van der Waals surface area contributed by atoms with Crippen molar-refractivity contribution in [2.75, 3.05) is 5.75 Å². The number of hydrogen-bond donors (Lipinski definition) is 2. The highest BCUT2D eigenvalue weighted by Gasteiger charge is 2.40. The van der Waals surface area contributed by atoms with Crippen LogP contribution >= 0.6 is 11.8 Å². The van der Waals surface area contributed by atoms with Crippen LogP contribution in [0.4, 0.5) is 4.79 Å². The summed E-state index contributed by atoms with van der Waals surface area (Å²) in [6, 6.07) is 37.4. The molecule has 4 aromatic carbocycles. The molecule has 0 spiro atoms. The van der Waals surface area contributed by atoms with Crippen molar-refractivity contribution < 1.29 is 33.7 Å². The van der Waals surface area contributed by atoms with Crippen LogP contribution in [-0.2, 0) is 43.6 Å². The molecule has 1 unspecified atom stereocenters. The molecule has 1 aromatic heterocycles. The maximum absolute atomic E-state index is 13.3. The van der Waals surface area contributed by atoms with Gasteiger partial charge in [-0.15, -0.1) is 11.8 Å². The molecule has 11 heteroatoms. The molecule has 0 bridgehead atoms. The quantitative estimate of drug-likeness (QED) is 0.102. The number of alkyl carbamates (subject to hydrolysis) is 1. The third kappa shape index (κ3) is 9.01. The van der Waals surface area contributed by atoms with Crippen LogP contribution < -0.4 is 5.32 Å². The molecule has 2 aliphatic rings. The molecule has 7 rings (SSSR count). The number of pyridine rings is 1. The lowest BCUT2D eigenvalue weighted by molar-refractivity contribution is -0.245. The summed E-state index contributed by atoms with van der Waals surface area (Å²) in [4.78, 5) is 44.4.